The first-order chi connectivity index (χ1) is 10.9. The van der Waals surface area contributed by atoms with Gasteiger partial charge in [-0.1, -0.05) is 29.3 Å². The van der Waals surface area contributed by atoms with Crippen LogP contribution in [0.5, 0.6) is 0 Å². The average molecular weight is 351 g/mol. The van der Waals surface area contributed by atoms with Crippen LogP contribution in [0.15, 0.2) is 35.1 Å². The van der Waals surface area contributed by atoms with E-state index in [1.807, 2.05) is 19.9 Å². The topological polar surface area (TPSA) is 62.0 Å². The number of hydrogen-bond donors (Lipinski definition) is 2. The lowest BCUT2D eigenvalue weighted by Crippen LogP contribution is -2.26. The predicted octanol–water partition coefficient (Wildman–Crippen LogP) is 3.63. The average Bonchev–Trinajstić information content (AvgIpc) is 2.45. The molecule has 0 aliphatic heterocycles. The van der Waals surface area contributed by atoms with E-state index in [0.717, 1.165) is 11.3 Å². The Morgan fingerprint density at radius 1 is 1.26 bits per heavy atom. The van der Waals surface area contributed by atoms with Crippen LogP contribution in [0.2, 0.25) is 10.0 Å². The summed E-state index contributed by atoms with van der Waals surface area (Å²) in [5, 5.41) is 3.68. The van der Waals surface area contributed by atoms with Gasteiger partial charge in [0.1, 0.15) is 0 Å². The number of benzene rings is 1. The number of aromatic nitrogens is 1. The summed E-state index contributed by atoms with van der Waals surface area (Å²) in [6.07, 6.45) is 2.97. The number of aromatic amines is 1. The third-order valence-corrected chi connectivity index (χ3v) is 3.87. The van der Waals surface area contributed by atoms with E-state index >= 15 is 0 Å². The molecule has 2 N–H and O–H groups in total. The van der Waals surface area contributed by atoms with Gasteiger partial charge in [0, 0.05) is 33.9 Å². The molecule has 1 amide bonds. The van der Waals surface area contributed by atoms with E-state index in [2.05, 4.69) is 10.3 Å². The molecular weight excluding hydrogens is 335 g/mol. The molecule has 0 unspecified atom stereocenters. The first-order valence-electron chi connectivity index (χ1n) is 6.97. The highest BCUT2D eigenvalue weighted by atomic mass is 35.5. The quantitative estimate of drug-likeness (QED) is 0.827. The van der Waals surface area contributed by atoms with Gasteiger partial charge in [-0.2, -0.15) is 0 Å². The van der Waals surface area contributed by atoms with Crippen LogP contribution in [0.25, 0.3) is 6.08 Å². The lowest BCUT2D eigenvalue weighted by atomic mass is 10.1. The molecule has 0 atom stereocenters. The van der Waals surface area contributed by atoms with Crippen LogP contribution in [-0.2, 0) is 11.3 Å². The number of carbonyl (C=O) groups is 1. The number of carbonyl (C=O) groups excluding carboxylic acids is 1. The molecule has 1 heterocycles. The lowest BCUT2D eigenvalue weighted by molar-refractivity contribution is -0.116. The molecule has 120 valence electrons. The molecular formula is C17H16Cl2N2O2. The van der Waals surface area contributed by atoms with Gasteiger partial charge in [0.2, 0.25) is 5.91 Å². The number of nitrogens with one attached hydrogen (secondary N) is 2. The molecule has 2 rings (SSSR count). The number of pyridine rings is 1. The highest BCUT2D eigenvalue weighted by molar-refractivity contribution is 6.35. The Hall–Kier alpha value is -2.04. The van der Waals surface area contributed by atoms with Crippen molar-refractivity contribution < 1.29 is 4.79 Å². The summed E-state index contributed by atoms with van der Waals surface area (Å²) in [6.45, 7) is 3.82. The molecule has 1 aromatic carbocycles. The Balaban J connectivity index is 2.03. The smallest absolute Gasteiger partial charge is 0.253 e. The van der Waals surface area contributed by atoms with E-state index in [1.165, 1.54) is 6.08 Å². The summed E-state index contributed by atoms with van der Waals surface area (Å²) in [4.78, 5) is 26.5. The zero-order valence-electron chi connectivity index (χ0n) is 12.7. The van der Waals surface area contributed by atoms with Crippen LogP contribution in [0.4, 0.5) is 0 Å². The van der Waals surface area contributed by atoms with Crippen molar-refractivity contribution in [1.82, 2.24) is 10.3 Å². The highest BCUT2D eigenvalue weighted by Gasteiger charge is 2.06. The van der Waals surface area contributed by atoms with Crippen LogP contribution >= 0.6 is 23.2 Å². The SMILES string of the molecule is Cc1cc(C)c(CNC(=O)C=Cc2ccc(Cl)cc2Cl)c(=O)[nH]1. The zero-order valence-corrected chi connectivity index (χ0v) is 14.3. The number of aryl methyl sites for hydroxylation is 2. The maximum atomic E-state index is 11.9. The first-order valence-corrected chi connectivity index (χ1v) is 7.73. The molecule has 0 saturated carbocycles. The van der Waals surface area contributed by atoms with Gasteiger partial charge in [-0.3, -0.25) is 9.59 Å². The van der Waals surface area contributed by atoms with Crippen molar-refractivity contribution in [3.8, 4) is 0 Å². The second-order valence-corrected chi connectivity index (χ2v) is 6.00. The molecule has 0 aliphatic rings. The fourth-order valence-corrected chi connectivity index (χ4v) is 2.61. The van der Waals surface area contributed by atoms with Crippen molar-refractivity contribution in [3.63, 3.8) is 0 Å². The Labute approximate surface area is 144 Å². The van der Waals surface area contributed by atoms with Crippen molar-refractivity contribution in [1.29, 1.82) is 0 Å². The second kappa shape index (κ2) is 7.49. The van der Waals surface area contributed by atoms with Crippen LogP contribution < -0.4 is 10.9 Å². The van der Waals surface area contributed by atoms with Crippen molar-refractivity contribution in [2.24, 2.45) is 0 Å². The molecule has 23 heavy (non-hydrogen) atoms. The minimum Gasteiger partial charge on any atom is -0.348 e. The van der Waals surface area contributed by atoms with Crippen LogP contribution in [0.3, 0.4) is 0 Å². The zero-order chi connectivity index (χ0) is 17.0. The lowest BCUT2D eigenvalue weighted by Gasteiger charge is -2.06. The molecule has 0 bridgehead atoms. The van der Waals surface area contributed by atoms with Gasteiger partial charge in [0.05, 0.1) is 0 Å². The second-order valence-electron chi connectivity index (χ2n) is 5.16. The minimum atomic E-state index is -0.310. The molecule has 0 aliphatic carbocycles. The Morgan fingerprint density at radius 2 is 2.00 bits per heavy atom. The van der Waals surface area contributed by atoms with E-state index in [0.29, 0.717) is 21.2 Å². The number of hydrogen-bond acceptors (Lipinski definition) is 2. The fourth-order valence-electron chi connectivity index (χ4n) is 2.14. The number of halogens is 2. The first kappa shape index (κ1) is 17.3. The van der Waals surface area contributed by atoms with Crippen molar-refractivity contribution in [2.75, 3.05) is 0 Å². The maximum Gasteiger partial charge on any atom is 0.253 e. The molecule has 4 nitrogen and oxygen atoms in total. The normalized spacial score (nSPS) is 11.0. The summed E-state index contributed by atoms with van der Waals surface area (Å²) in [7, 11) is 0. The minimum absolute atomic E-state index is 0.166. The monoisotopic (exact) mass is 350 g/mol. The standard InChI is InChI=1S/C17H16Cl2N2O2/c1-10-7-11(2)21-17(23)14(10)9-20-16(22)6-4-12-3-5-13(18)8-15(12)19/h3-8H,9H2,1-2H3,(H,20,22)(H,21,23). The summed E-state index contributed by atoms with van der Waals surface area (Å²) in [5.41, 5.74) is 2.68. The van der Waals surface area contributed by atoms with Crippen molar-refractivity contribution >= 4 is 35.2 Å². The summed E-state index contributed by atoms with van der Waals surface area (Å²) >= 11 is 11.8. The Kier molecular flexibility index (Phi) is 5.64. The third-order valence-electron chi connectivity index (χ3n) is 3.31. The van der Waals surface area contributed by atoms with E-state index in [4.69, 9.17) is 23.2 Å². The van der Waals surface area contributed by atoms with Crippen LogP contribution in [-0.4, -0.2) is 10.9 Å². The van der Waals surface area contributed by atoms with Crippen molar-refractivity contribution in [2.45, 2.75) is 20.4 Å². The van der Waals surface area contributed by atoms with E-state index in [9.17, 15) is 9.59 Å². The number of amides is 1. The number of rotatable bonds is 4. The van der Waals surface area contributed by atoms with Gasteiger partial charge in [0.15, 0.2) is 0 Å². The molecule has 6 heteroatoms. The largest absolute Gasteiger partial charge is 0.348 e. The third kappa shape index (κ3) is 4.71. The fraction of sp³-hybridized carbons (Fsp3) is 0.176. The van der Waals surface area contributed by atoms with Gasteiger partial charge in [-0.05, 0) is 49.2 Å². The summed E-state index contributed by atoms with van der Waals surface area (Å²) < 4.78 is 0. The van der Waals surface area contributed by atoms with Gasteiger partial charge in [-0.25, -0.2) is 0 Å². The van der Waals surface area contributed by atoms with Gasteiger partial charge in [0.25, 0.3) is 5.56 Å². The van der Waals surface area contributed by atoms with Crippen molar-refractivity contribution in [3.05, 3.63) is 73.1 Å². The van der Waals surface area contributed by atoms with E-state index < -0.39 is 0 Å². The van der Waals surface area contributed by atoms with Crippen LogP contribution in [0, 0.1) is 13.8 Å². The Morgan fingerprint density at radius 3 is 2.65 bits per heavy atom. The molecule has 0 fully saturated rings. The summed E-state index contributed by atoms with van der Waals surface area (Å²) in [6, 6.07) is 6.89. The van der Waals surface area contributed by atoms with Gasteiger partial charge >= 0.3 is 0 Å². The molecule has 0 spiro atoms. The number of H-pyrrole nitrogens is 1. The Bertz CT molecular complexity index is 826. The van der Waals surface area contributed by atoms with E-state index in [1.54, 1.807) is 24.3 Å². The van der Waals surface area contributed by atoms with Gasteiger partial charge in [-0.15, -0.1) is 0 Å². The van der Waals surface area contributed by atoms with Gasteiger partial charge < -0.3 is 10.3 Å². The highest BCUT2D eigenvalue weighted by Crippen LogP contribution is 2.21. The van der Waals surface area contributed by atoms with E-state index in [-0.39, 0.29) is 18.0 Å². The van der Waals surface area contributed by atoms with Crippen LogP contribution in [0.1, 0.15) is 22.4 Å². The maximum absolute atomic E-state index is 11.9. The molecule has 1 aromatic heterocycles. The molecule has 0 saturated heterocycles. The summed E-state index contributed by atoms with van der Waals surface area (Å²) in [5.74, 6) is -0.310. The molecule has 0 radical (unpaired) electrons. The predicted molar refractivity (Wildman–Crippen MR) is 93.9 cm³/mol. The molecule has 2 aromatic rings.